The van der Waals surface area contributed by atoms with E-state index in [1.54, 1.807) is 19.9 Å². The molecule has 0 saturated heterocycles. The Kier molecular flexibility index (Phi) is 5.11. The number of hydrogen-bond donors (Lipinski definition) is 2. The third-order valence-electron chi connectivity index (χ3n) is 5.48. The fourth-order valence-corrected chi connectivity index (χ4v) is 3.98. The van der Waals surface area contributed by atoms with Crippen molar-refractivity contribution in [3.05, 3.63) is 53.4 Å². The van der Waals surface area contributed by atoms with Crippen LogP contribution in [0.5, 0.6) is 0 Å². The fourth-order valence-electron chi connectivity index (χ4n) is 3.98. The number of H-pyrrole nitrogens is 1. The average molecular weight is 459 g/mol. The Bertz CT molecular complexity index is 1450. The number of aliphatic carboxylic acids is 1. The van der Waals surface area contributed by atoms with Crippen LogP contribution in [0.25, 0.3) is 27.8 Å². The molecule has 2 N–H and O–H groups in total. The van der Waals surface area contributed by atoms with Crippen LogP contribution < -0.4 is 0 Å². The van der Waals surface area contributed by atoms with Gasteiger partial charge in [-0.25, -0.2) is 18.6 Å². The van der Waals surface area contributed by atoms with Gasteiger partial charge < -0.3 is 9.67 Å². The lowest BCUT2D eigenvalue weighted by Crippen LogP contribution is -2.32. The van der Waals surface area contributed by atoms with E-state index in [1.807, 2.05) is 6.07 Å². The fraction of sp³-hybridized carbons (Fsp3) is 0.273. The molecule has 0 amide bonds. The summed E-state index contributed by atoms with van der Waals surface area (Å²) in [7, 11) is 0. The number of nitrogens with one attached hydrogen (secondary N) is 1. The summed E-state index contributed by atoms with van der Waals surface area (Å²) in [5, 5.41) is 25.5. The topological polar surface area (TPSA) is 108 Å². The van der Waals surface area contributed by atoms with E-state index in [-0.39, 0.29) is 40.0 Å². The van der Waals surface area contributed by atoms with Gasteiger partial charge in [0.15, 0.2) is 17.3 Å². The molecule has 0 unspecified atom stereocenters. The van der Waals surface area contributed by atoms with Crippen LogP contribution in [-0.4, -0.2) is 36.7 Å². The van der Waals surface area contributed by atoms with Crippen LogP contribution in [0.1, 0.15) is 31.5 Å². The van der Waals surface area contributed by atoms with E-state index >= 15 is 0 Å². The Balaban J connectivity index is 2.18. The average Bonchev–Trinajstić information content (AvgIpc) is 3.30. The number of nitrogens with zero attached hydrogens (tertiary/aromatic N) is 4. The number of halogens is 4. The van der Waals surface area contributed by atoms with Crippen LogP contribution in [-0.2, 0) is 16.6 Å². The van der Waals surface area contributed by atoms with Gasteiger partial charge in [-0.3, -0.25) is 5.10 Å². The van der Waals surface area contributed by atoms with Crippen LogP contribution in [0.2, 0.25) is 0 Å². The number of nitriles is 1. The number of carboxylic acid groups (broad SMARTS) is 1. The minimum Gasteiger partial charge on any atom is -0.477 e. The lowest BCUT2D eigenvalue weighted by molar-refractivity contribution is -0.164. The van der Waals surface area contributed by atoms with Gasteiger partial charge >= 0.3 is 11.9 Å². The Hall–Kier alpha value is -3.94. The molecule has 0 atom stereocenters. The van der Waals surface area contributed by atoms with Crippen LogP contribution >= 0.6 is 0 Å². The van der Waals surface area contributed by atoms with E-state index in [0.717, 1.165) is 12.1 Å². The quantitative estimate of drug-likeness (QED) is 0.409. The molecule has 7 nitrogen and oxygen atoms in total. The van der Waals surface area contributed by atoms with E-state index in [4.69, 9.17) is 5.11 Å². The first-order valence-electron chi connectivity index (χ1n) is 9.78. The number of pyridine rings is 1. The molecule has 0 aliphatic heterocycles. The van der Waals surface area contributed by atoms with E-state index in [9.17, 15) is 27.6 Å². The van der Waals surface area contributed by atoms with E-state index in [2.05, 4.69) is 15.2 Å². The summed E-state index contributed by atoms with van der Waals surface area (Å²) >= 11 is 0. The predicted octanol–water partition coefficient (Wildman–Crippen LogP) is 4.63. The van der Waals surface area contributed by atoms with E-state index in [0.29, 0.717) is 5.39 Å². The van der Waals surface area contributed by atoms with Crippen molar-refractivity contribution in [1.82, 2.24) is 19.7 Å². The number of alkyl halides is 2. The Labute approximate surface area is 184 Å². The normalized spacial score (nSPS) is 12.4. The number of aromatic nitrogens is 4. The summed E-state index contributed by atoms with van der Waals surface area (Å²) in [6, 6.07) is 6.65. The zero-order chi connectivity index (χ0) is 24.1. The molecule has 0 saturated carbocycles. The van der Waals surface area contributed by atoms with Gasteiger partial charge in [0.05, 0.1) is 29.7 Å². The maximum absolute atomic E-state index is 14.5. The summed E-state index contributed by atoms with van der Waals surface area (Å²) in [4.78, 5) is 15.6. The van der Waals surface area contributed by atoms with Gasteiger partial charge in [0, 0.05) is 40.2 Å². The number of hydrogen-bond acceptors (Lipinski definition) is 4. The largest absolute Gasteiger partial charge is 0.477 e. The molecular weight excluding hydrogens is 442 g/mol. The molecular formula is C22H17F4N5O2. The van der Waals surface area contributed by atoms with Crippen molar-refractivity contribution >= 4 is 28.0 Å². The number of carboxylic acids is 1. The highest BCUT2D eigenvalue weighted by Gasteiger charge is 2.43. The molecule has 4 aromatic rings. The second-order valence-corrected chi connectivity index (χ2v) is 8.33. The molecule has 33 heavy (non-hydrogen) atoms. The van der Waals surface area contributed by atoms with Crippen molar-refractivity contribution < 1.29 is 27.5 Å². The molecule has 0 radical (unpaired) electrons. The van der Waals surface area contributed by atoms with Gasteiger partial charge in [0.2, 0.25) is 0 Å². The molecule has 0 aliphatic carbocycles. The molecule has 0 aliphatic rings. The molecule has 0 spiro atoms. The first-order chi connectivity index (χ1) is 15.5. The van der Waals surface area contributed by atoms with Crippen molar-refractivity contribution in [2.24, 2.45) is 0 Å². The molecule has 3 aromatic heterocycles. The van der Waals surface area contributed by atoms with Gasteiger partial charge in [-0.2, -0.15) is 19.1 Å². The van der Waals surface area contributed by atoms with Gasteiger partial charge in [0.25, 0.3) is 0 Å². The lowest BCUT2D eigenvalue weighted by atomic mass is 9.82. The third-order valence-corrected chi connectivity index (χ3v) is 5.48. The SMILES string of the molecule is CC(C)(CC#N)c1c(CC(F)(F)C(=O)O)c2nc3[nH]ncc3cc2n1-c1ccc(F)c(F)c1. The first kappa shape index (κ1) is 22.3. The maximum atomic E-state index is 14.5. The molecule has 170 valence electrons. The number of benzene rings is 1. The highest BCUT2D eigenvalue weighted by molar-refractivity contribution is 5.94. The van der Waals surface area contributed by atoms with Crippen LogP contribution in [0.15, 0.2) is 30.5 Å². The summed E-state index contributed by atoms with van der Waals surface area (Å²) in [5.41, 5.74) is -0.372. The number of rotatable bonds is 6. The number of fused-ring (bicyclic) bond motifs is 2. The molecule has 3 heterocycles. The summed E-state index contributed by atoms with van der Waals surface area (Å²) < 4.78 is 58.2. The minimum absolute atomic E-state index is 0.0402. The molecule has 0 bridgehead atoms. The van der Waals surface area contributed by atoms with Crippen molar-refractivity contribution in [1.29, 1.82) is 5.26 Å². The summed E-state index contributed by atoms with van der Waals surface area (Å²) in [6.45, 7) is 3.24. The molecule has 0 fully saturated rings. The second-order valence-electron chi connectivity index (χ2n) is 8.33. The Morgan fingerprint density at radius 1 is 1.24 bits per heavy atom. The number of aromatic amines is 1. The van der Waals surface area contributed by atoms with Gasteiger partial charge in [-0.15, -0.1) is 0 Å². The molecule has 4 rings (SSSR count). The zero-order valence-corrected chi connectivity index (χ0v) is 17.5. The van der Waals surface area contributed by atoms with Crippen molar-refractivity contribution in [2.75, 3.05) is 0 Å². The Morgan fingerprint density at radius 2 is 1.97 bits per heavy atom. The minimum atomic E-state index is -4.14. The Morgan fingerprint density at radius 3 is 2.61 bits per heavy atom. The maximum Gasteiger partial charge on any atom is 0.374 e. The second kappa shape index (κ2) is 7.58. The zero-order valence-electron chi connectivity index (χ0n) is 17.5. The van der Waals surface area contributed by atoms with Crippen molar-refractivity contribution in [3.8, 4) is 11.8 Å². The third kappa shape index (κ3) is 3.67. The van der Waals surface area contributed by atoms with Crippen LogP contribution in [0, 0.1) is 23.0 Å². The molecule has 11 heteroatoms. The van der Waals surface area contributed by atoms with Gasteiger partial charge in [0.1, 0.15) is 0 Å². The van der Waals surface area contributed by atoms with E-state index < -0.39 is 35.4 Å². The predicted molar refractivity (Wildman–Crippen MR) is 110 cm³/mol. The lowest BCUT2D eigenvalue weighted by Gasteiger charge is -2.27. The summed E-state index contributed by atoms with van der Waals surface area (Å²) in [6.07, 6.45) is 0.111. The monoisotopic (exact) mass is 459 g/mol. The van der Waals surface area contributed by atoms with Gasteiger partial charge in [-0.05, 0) is 18.2 Å². The van der Waals surface area contributed by atoms with Crippen molar-refractivity contribution in [3.63, 3.8) is 0 Å². The van der Waals surface area contributed by atoms with E-state index in [1.165, 1.54) is 16.8 Å². The van der Waals surface area contributed by atoms with Crippen LogP contribution in [0.3, 0.4) is 0 Å². The van der Waals surface area contributed by atoms with Crippen LogP contribution in [0.4, 0.5) is 17.6 Å². The smallest absolute Gasteiger partial charge is 0.374 e. The number of carbonyl (C=O) groups is 1. The summed E-state index contributed by atoms with van der Waals surface area (Å²) in [5.74, 6) is -8.72. The first-order valence-corrected chi connectivity index (χ1v) is 9.78. The van der Waals surface area contributed by atoms with Crippen molar-refractivity contribution in [2.45, 2.75) is 38.0 Å². The highest BCUT2D eigenvalue weighted by Crippen LogP contribution is 2.41. The standard InChI is InChI=1S/C22H17F4N5O2/c1-21(2,5-6-27)18-13(9-22(25,26)20(32)33)17-16(7-11-10-28-30-19(11)29-17)31(18)12-3-4-14(23)15(24)8-12/h3-4,7-8,10H,5,9H2,1-2H3,(H,32,33)(H,28,29,30). The highest BCUT2D eigenvalue weighted by atomic mass is 19.3. The molecule has 1 aromatic carbocycles. The van der Waals surface area contributed by atoms with Gasteiger partial charge in [-0.1, -0.05) is 13.8 Å².